The van der Waals surface area contributed by atoms with Crippen LogP contribution in [0.15, 0.2) is 170 Å². The van der Waals surface area contributed by atoms with Gasteiger partial charge in [-0.05, 0) is 74.9 Å². The van der Waals surface area contributed by atoms with Crippen LogP contribution in [0.25, 0.3) is 22.3 Å². The van der Waals surface area contributed by atoms with Gasteiger partial charge in [0.25, 0.3) is 6.71 Å². The van der Waals surface area contributed by atoms with Crippen molar-refractivity contribution in [3.8, 4) is 22.3 Å². The summed E-state index contributed by atoms with van der Waals surface area (Å²) in [5.74, 6) is 0. The number of anilines is 6. The molecule has 0 aliphatic carbocycles. The van der Waals surface area contributed by atoms with Gasteiger partial charge in [0.15, 0.2) is 0 Å². The second-order valence-electron chi connectivity index (χ2n) is 14.1. The Morgan fingerprint density at radius 2 is 0.898 bits per heavy atom. The van der Waals surface area contributed by atoms with E-state index in [0.29, 0.717) is 0 Å². The normalized spacial score (nSPS) is 13.1. The second kappa shape index (κ2) is 11.4. The number of para-hydroxylation sites is 4. The first-order chi connectivity index (χ1) is 24.0. The fraction of sp³-hybridized carbons (Fsp3) is 0.0870. The van der Waals surface area contributed by atoms with Gasteiger partial charge in [-0.3, -0.25) is 0 Å². The van der Waals surface area contributed by atoms with Crippen LogP contribution in [-0.4, -0.2) is 6.71 Å². The first kappa shape index (κ1) is 29.4. The second-order valence-corrected chi connectivity index (χ2v) is 14.1. The van der Waals surface area contributed by atoms with Crippen molar-refractivity contribution in [1.82, 2.24) is 0 Å². The molecule has 49 heavy (non-hydrogen) atoms. The highest BCUT2D eigenvalue weighted by molar-refractivity contribution is 7.00. The highest BCUT2D eigenvalue weighted by atomic mass is 15.2. The summed E-state index contributed by atoms with van der Waals surface area (Å²) < 4.78 is 0. The van der Waals surface area contributed by atoms with Crippen molar-refractivity contribution >= 4 is 57.2 Å². The number of hydrogen-bond donors (Lipinski definition) is 0. The summed E-state index contributed by atoms with van der Waals surface area (Å²) in [5.41, 5.74) is 17.5. The van der Waals surface area contributed by atoms with Crippen molar-refractivity contribution in [2.45, 2.75) is 26.2 Å². The van der Waals surface area contributed by atoms with Gasteiger partial charge in [0.1, 0.15) is 0 Å². The van der Waals surface area contributed by atoms with Crippen LogP contribution in [0, 0.1) is 0 Å². The Labute approximate surface area is 290 Å². The SMILES string of the molecule is CC(C)(C)c1ccccc1-c1cccc(-c2ccccc2)c1N1c2ccccc2B2c3ccccc3N(c3ccccc3)c3cccc1c32. The zero-order valence-corrected chi connectivity index (χ0v) is 28.1. The molecule has 0 saturated heterocycles. The van der Waals surface area contributed by atoms with Gasteiger partial charge in [-0.2, -0.15) is 0 Å². The van der Waals surface area contributed by atoms with Crippen molar-refractivity contribution in [3.05, 3.63) is 175 Å². The van der Waals surface area contributed by atoms with E-state index in [1.54, 1.807) is 0 Å². The van der Waals surface area contributed by atoms with E-state index < -0.39 is 0 Å². The highest BCUT2D eigenvalue weighted by Crippen LogP contribution is 2.50. The largest absolute Gasteiger partial charge is 0.311 e. The number of benzene rings is 7. The molecule has 0 spiro atoms. The minimum atomic E-state index is -0.0344. The summed E-state index contributed by atoms with van der Waals surface area (Å²) >= 11 is 0. The molecule has 9 rings (SSSR count). The minimum Gasteiger partial charge on any atom is -0.311 e. The van der Waals surface area contributed by atoms with Gasteiger partial charge in [-0.15, -0.1) is 0 Å². The lowest BCUT2D eigenvalue weighted by molar-refractivity contribution is 0.592. The molecule has 0 atom stereocenters. The molecular weight excluding hydrogens is 591 g/mol. The van der Waals surface area contributed by atoms with Gasteiger partial charge in [-0.1, -0.05) is 154 Å². The molecule has 0 amide bonds. The maximum absolute atomic E-state index is 2.57. The van der Waals surface area contributed by atoms with Crippen molar-refractivity contribution in [2.24, 2.45) is 0 Å². The Hall–Kier alpha value is -5.80. The zero-order chi connectivity index (χ0) is 33.1. The Balaban J connectivity index is 1.40. The van der Waals surface area contributed by atoms with Gasteiger partial charge < -0.3 is 9.80 Å². The van der Waals surface area contributed by atoms with Gasteiger partial charge in [0.2, 0.25) is 0 Å². The van der Waals surface area contributed by atoms with Gasteiger partial charge in [-0.25, -0.2) is 0 Å². The number of rotatable bonds is 4. The molecule has 2 aliphatic heterocycles. The highest BCUT2D eigenvalue weighted by Gasteiger charge is 2.43. The molecule has 0 fully saturated rings. The molecule has 2 nitrogen and oxygen atoms in total. The molecule has 7 aromatic carbocycles. The van der Waals surface area contributed by atoms with Crippen molar-refractivity contribution in [2.75, 3.05) is 9.80 Å². The monoisotopic (exact) mass is 628 g/mol. The van der Waals surface area contributed by atoms with Crippen LogP contribution >= 0.6 is 0 Å². The molecule has 0 N–H and O–H groups in total. The van der Waals surface area contributed by atoms with E-state index in [0.717, 1.165) is 5.69 Å². The fourth-order valence-corrected chi connectivity index (χ4v) is 8.16. The van der Waals surface area contributed by atoms with Crippen LogP contribution in [0.5, 0.6) is 0 Å². The molecule has 234 valence electrons. The molecule has 0 unspecified atom stereocenters. The Kier molecular flexibility index (Phi) is 6.84. The number of hydrogen-bond acceptors (Lipinski definition) is 2. The molecule has 3 heteroatoms. The van der Waals surface area contributed by atoms with Crippen molar-refractivity contribution in [1.29, 1.82) is 0 Å². The lowest BCUT2D eigenvalue weighted by Crippen LogP contribution is -2.61. The predicted molar refractivity (Wildman–Crippen MR) is 210 cm³/mol. The lowest BCUT2D eigenvalue weighted by Gasteiger charge is -2.44. The van der Waals surface area contributed by atoms with E-state index in [9.17, 15) is 0 Å². The molecule has 0 aromatic heterocycles. The van der Waals surface area contributed by atoms with Crippen molar-refractivity contribution < 1.29 is 0 Å². The van der Waals surface area contributed by atoms with Crippen LogP contribution in [0.4, 0.5) is 34.1 Å². The van der Waals surface area contributed by atoms with Crippen LogP contribution in [0.3, 0.4) is 0 Å². The quantitative estimate of drug-likeness (QED) is 0.179. The molecule has 0 saturated carbocycles. The van der Waals surface area contributed by atoms with E-state index in [4.69, 9.17) is 0 Å². The van der Waals surface area contributed by atoms with Crippen LogP contribution in [0.1, 0.15) is 26.3 Å². The Morgan fingerprint density at radius 1 is 0.408 bits per heavy atom. The summed E-state index contributed by atoms with van der Waals surface area (Å²) in [7, 11) is 0. The third-order valence-electron chi connectivity index (χ3n) is 10.2. The first-order valence-corrected chi connectivity index (χ1v) is 17.2. The average Bonchev–Trinajstić information content (AvgIpc) is 3.15. The van der Waals surface area contributed by atoms with Crippen LogP contribution in [-0.2, 0) is 5.41 Å². The predicted octanol–water partition coefficient (Wildman–Crippen LogP) is 10.4. The topological polar surface area (TPSA) is 6.48 Å². The van der Waals surface area contributed by atoms with E-state index in [1.165, 1.54) is 72.6 Å². The van der Waals surface area contributed by atoms with E-state index in [2.05, 4.69) is 200 Å². The molecular formula is C46H37BN2. The minimum absolute atomic E-state index is 0.0344. The molecule has 0 bridgehead atoms. The Morgan fingerprint density at radius 3 is 1.59 bits per heavy atom. The fourth-order valence-electron chi connectivity index (χ4n) is 8.16. The maximum atomic E-state index is 2.57. The van der Waals surface area contributed by atoms with Gasteiger partial charge in [0.05, 0.1) is 5.69 Å². The van der Waals surface area contributed by atoms with Crippen LogP contribution < -0.4 is 26.2 Å². The smallest absolute Gasteiger partial charge is 0.252 e. The molecule has 7 aromatic rings. The van der Waals surface area contributed by atoms with Gasteiger partial charge >= 0.3 is 0 Å². The van der Waals surface area contributed by atoms with E-state index in [-0.39, 0.29) is 12.1 Å². The summed E-state index contributed by atoms with van der Waals surface area (Å²) in [6.45, 7) is 7.05. The third-order valence-corrected chi connectivity index (χ3v) is 10.2. The molecule has 2 heterocycles. The zero-order valence-electron chi connectivity index (χ0n) is 28.1. The number of nitrogens with zero attached hydrogens (tertiary/aromatic N) is 2. The molecule has 0 radical (unpaired) electrons. The lowest BCUT2D eigenvalue weighted by atomic mass is 9.33. The molecule has 2 aliphatic rings. The standard InChI is InChI=1S/C46H37BN2/c1-46(2,3)37-25-11-10-22-35(37)36-24-16-23-34(32-18-6-4-7-19-32)45(36)49-41-29-15-13-27-39(41)47-38-26-12-14-28-40(38)48(33-20-8-5-9-21-33)42-30-17-31-43(49)44(42)47/h4-31H,1-3H3. The Bertz CT molecular complexity index is 2340. The van der Waals surface area contributed by atoms with Crippen LogP contribution in [0.2, 0.25) is 0 Å². The van der Waals surface area contributed by atoms with Crippen molar-refractivity contribution in [3.63, 3.8) is 0 Å². The summed E-state index contributed by atoms with van der Waals surface area (Å²) in [5, 5.41) is 0. The van der Waals surface area contributed by atoms with Gasteiger partial charge in [0, 0.05) is 39.6 Å². The number of fused-ring (bicyclic) bond motifs is 4. The van der Waals surface area contributed by atoms with E-state index in [1.807, 2.05) is 0 Å². The summed E-state index contributed by atoms with van der Waals surface area (Å²) in [6, 6.07) is 62.4. The average molecular weight is 629 g/mol. The van der Waals surface area contributed by atoms with E-state index >= 15 is 0 Å². The first-order valence-electron chi connectivity index (χ1n) is 17.2. The third kappa shape index (κ3) is 4.64. The summed E-state index contributed by atoms with van der Waals surface area (Å²) in [6.07, 6.45) is 0. The summed E-state index contributed by atoms with van der Waals surface area (Å²) in [4.78, 5) is 5.02. The maximum Gasteiger partial charge on any atom is 0.252 e.